The molecule has 0 bridgehead atoms. The van der Waals surface area contributed by atoms with Crippen molar-refractivity contribution in [3.05, 3.63) is 179 Å². The molecular formula is C65H82NNaO19S. The number of nitrogens with one attached hydrogen (secondary N) is 1. The van der Waals surface area contributed by atoms with E-state index in [4.69, 9.17) is 61.0 Å². The summed E-state index contributed by atoms with van der Waals surface area (Å²) in [4.78, 5) is 25.4. The van der Waals surface area contributed by atoms with Gasteiger partial charge in [0.25, 0.3) is 0 Å². The molecule has 2 N–H and O–H groups in total. The number of hydrogen-bond donors (Lipinski definition) is 2. The second kappa shape index (κ2) is 36.9. The van der Waals surface area contributed by atoms with Crippen molar-refractivity contribution in [3.8, 4) is 0 Å². The second-order valence-electron chi connectivity index (χ2n) is 21.7. The molecular weight excluding hydrogens is 1150 g/mol. The van der Waals surface area contributed by atoms with Crippen LogP contribution in [-0.4, -0.2) is 143 Å². The normalized spacial score (nSPS) is 26.5. The minimum Gasteiger partial charge on any atom is -0.726 e. The maximum Gasteiger partial charge on any atom is 1.00 e. The third-order valence-electron chi connectivity index (χ3n) is 15.0. The van der Waals surface area contributed by atoms with Gasteiger partial charge < -0.3 is 71.8 Å². The van der Waals surface area contributed by atoms with Crippen LogP contribution in [0.1, 0.15) is 93.0 Å². The van der Waals surface area contributed by atoms with Crippen molar-refractivity contribution in [2.24, 2.45) is 0 Å². The van der Waals surface area contributed by atoms with Gasteiger partial charge in [0.1, 0.15) is 54.9 Å². The Kier molecular flexibility index (Phi) is 29.7. The molecule has 0 spiro atoms. The molecule has 14 atom stereocenters. The average Bonchev–Trinajstić information content (AvgIpc) is 1.20. The number of ether oxygens (including phenoxy) is 12. The summed E-state index contributed by atoms with van der Waals surface area (Å²) in [6.07, 6.45) is -11.4. The van der Waals surface area contributed by atoms with Crippen molar-refractivity contribution in [2.75, 3.05) is 26.9 Å². The van der Waals surface area contributed by atoms with Crippen molar-refractivity contribution >= 4 is 22.3 Å². The molecule has 0 radical (unpaired) electrons. The number of aliphatic hydroxyl groups excluding tert-OH is 1. The Morgan fingerprint density at radius 2 is 1.03 bits per heavy atom. The summed E-state index contributed by atoms with van der Waals surface area (Å²) in [5.41, 5.74) is 4.34. The van der Waals surface area contributed by atoms with Gasteiger partial charge >= 0.3 is 35.5 Å². The number of amides is 1. The van der Waals surface area contributed by atoms with Crippen LogP contribution in [0.3, 0.4) is 0 Å². The number of carbonyl (C=O) groups is 2. The summed E-state index contributed by atoms with van der Waals surface area (Å²) in [5.74, 6) is -0.729. The van der Waals surface area contributed by atoms with Gasteiger partial charge in [0, 0.05) is 26.4 Å². The summed E-state index contributed by atoms with van der Waals surface area (Å²) < 4.78 is 121. The number of carbonyl (C=O) groups excluding carboxylic acids is 2. The van der Waals surface area contributed by atoms with Crippen molar-refractivity contribution in [1.29, 1.82) is 0 Å². The van der Waals surface area contributed by atoms with Crippen LogP contribution in [0.2, 0.25) is 0 Å². The summed E-state index contributed by atoms with van der Waals surface area (Å²) in [6, 6.07) is 46.6. The molecule has 1 amide bonds. The van der Waals surface area contributed by atoms with E-state index in [1.807, 2.05) is 159 Å². The first-order chi connectivity index (χ1) is 41.8. The van der Waals surface area contributed by atoms with Gasteiger partial charge in [-0.1, -0.05) is 177 Å². The molecule has 0 aromatic heterocycles. The largest absolute Gasteiger partial charge is 1.00 e. The fourth-order valence-corrected chi connectivity index (χ4v) is 11.2. The third kappa shape index (κ3) is 23.0. The molecule has 3 aliphatic heterocycles. The quantitative estimate of drug-likeness (QED) is 0.0177. The van der Waals surface area contributed by atoms with Crippen molar-refractivity contribution in [3.63, 3.8) is 0 Å². The molecule has 0 aliphatic carbocycles. The molecule has 0 unspecified atom stereocenters. The molecule has 3 saturated heterocycles. The van der Waals surface area contributed by atoms with Gasteiger partial charge in [-0.05, 0) is 47.6 Å². The number of benzene rings is 5. The molecule has 20 nitrogen and oxygen atoms in total. The van der Waals surface area contributed by atoms with E-state index in [1.54, 1.807) is 0 Å². The van der Waals surface area contributed by atoms with Gasteiger partial charge in [0.15, 0.2) is 18.9 Å². The topological polar surface area (TPSA) is 244 Å². The standard InChI is InChI=1S/C65H83NO19S.Na/c1-45-58(77-40-49-29-17-10-18-30-49)61(78-41-50-31-19-11-20-32-50)62(79-42-51-33-21-12-22-34-51)65(80-45)84-60-56(66-46(2)67)63(76-36-24-7-5-4-6-23-35-55(68)73-3)82-54(44-75-39-48-27-15-9-16-28-48)59(60)83-64-57(69)53(85-86(70,71)72)37-52(81-64)43-74-38-47-25-13-8-14-26-47;/h8-22,25-34,45,52-54,56-65,69H,4-7,23-24,35-44H2,1-3H3,(H,66,67)(H,70,71,72);/q;+1/p-1/t45-,52-,53-,54+,56+,57+,58+,59+,60+,61+,62-,63+,64-,65-;/m0./s1. The zero-order valence-electron chi connectivity index (χ0n) is 50.0. The summed E-state index contributed by atoms with van der Waals surface area (Å²) >= 11 is 0. The predicted octanol–water partition coefficient (Wildman–Crippen LogP) is 5.17. The van der Waals surface area contributed by atoms with E-state index in [-0.39, 0.29) is 94.8 Å². The first kappa shape index (κ1) is 69.9. The Bertz CT molecular complexity index is 2840. The Hall–Kier alpha value is -4.57. The number of hydrogen-bond acceptors (Lipinski definition) is 19. The van der Waals surface area contributed by atoms with E-state index in [1.165, 1.54) is 14.0 Å². The molecule has 22 heteroatoms. The SMILES string of the molecule is COC(=O)CCCCCCCCO[C@@H]1O[C@H](COCc2ccccc2)[C@@H](O[C@@H]2O[C@H](COCc3ccccc3)C[C@H](OS(=O)(=O)[O-])[C@H]2O)[C@H](O[C@@H]2O[C@@H](C)[C@@H](OCc3ccccc3)[C@@H](OCc3ccccc3)[C@@H]2OCc2ccccc2)[C@H]1NC(C)=O.[Na+]. The van der Waals surface area contributed by atoms with Crippen molar-refractivity contribution in [2.45, 2.75) is 184 Å². The molecule has 87 heavy (non-hydrogen) atoms. The number of rotatable bonds is 34. The van der Waals surface area contributed by atoms with Crippen molar-refractivity contribution < 1.29 is 118 Å². The van der Waals surface area contributed by atoms with E-state index in [2.05, 4.69) is 5.32 Å². The van der Waals surface area contributed by atoms with Crippen LogP contribution < -0.4 is 34.9 Å². The summed E-state index contributed by atoms with van der Waals surface area (Å²) in [7, 11) is -4.01. The summed E-state index contributed by atoms with van der Waals surface area (Å²) in [6.45, 7) is 3.79. The molecule has 3 heterocycles. The maximum absolute atomic E-state index is 13.7. The van der Waals surface area contributed by atoms with Crippen LogP contribution in [0.15, 0.2) is 152 Å². The van der Waals surface area contributed by atoms with Gasteiger partial charge in [-0.2, -0.15) is 0 Å². The van der Waals surface area contributed by atoms with Gasteiger partial charge in [0.05, 0.1) is 65.6 Å². The minimum absolute atomic E-state index is 0. The molecule has 468 valence electrons. The molecule has 5 aromatic rings. The second-order valence-corrected chi connectivity index (χ2v) is 22.7. The minimum atomic E-state index is -5.39. The molecule has 3 fully saturated rings. The molecule has 8 rings (SSSR count). The number of unbranched alkanes of at least 4 members (excludes halogenated alkanes) is 5. The monoisotopic (exact) mass is 1240 g/mol. The Morgan fingerprint density at radius 3 is 1.55 bits per heavy atom. The van der Waals surface area contributed by atoms with E-state index in [9.17, 15) is 27.7 Å². The number of esters is 1. The van der Waals surface area contributed by atoms with Crippen LogP contribution in [0.5, 0.6) is 0 Å². The third-order valence-corrected chi connectivity index (χ3v) is 15.5. The summed E-state index contributed by atoms with van der Waals surface area (Å²) in [5, 5.41) is 15.1. The van der Waals surface area contributed by atoms with E-state index in [0.29, 0.717) is 12.8 Å². The fraction of sp³-hybridized carbons (Fsp3) is 0.508. The van der Waals surface area contributed by atoms with Crippen LogP contribution in [0.25, 0.3) is 0 Å². The first-order valence-electron chi connectivity index (χ1n) is 29.5. The molecule has 3 aliphatic rings. The van der Waals surface area contributed by atoms with Crippen LogP contribution in [0.4, 0.5) is 0 Å². The van der Waals surface area contributed by atoms with E-state index < -0.39 is 102 Å². The van der Waals surface area contributed by atoms with Gasteiger partial charge in [-0.15, -0.1) is 0 Å². The Balaban J connectivity index is 0.0000108. The Morgan fingerprint density at radius 1 is 0.563 bits per heavy atom. The average molecular weight is 1240 g/mol. The zero-order chi connectivity index (χ0) is 60.5. The maximum atomic E-state index is 13.7. The van der Waals surface area contributed by atoms with E-state index >= 15 is 0 Å². The number of aliphatic hydroxyl groups is 1. The van der Waals surface area contributed by atoms with Crippen LogP contribution >= 0.6 is 0 Å². The fourth-order valence-electron chi connectivity index (χ4n) is 10.7. The number of methoxy groups -OCH3 is 1. The molecule has 5 aromatic carbocycles. The van der Waals surface area contributed by atoms with Crippen LogP contribution in [-0.2, 0) is 114 Å². The smallest absolute Gasteiger partial charge is 0.726 e. The van der Waals surface area contributed by atoms with Crippen LogP contribution in [0, 0.1) is 0 Å². The predicted molar refractivity (Wildman–Crippen MR) is 312 cm³/mol. The van der Waals surface area contributed by atoms with Crippen molar-refractivity contribution in [1.82, 2.24) is 5.32 Å². The first-order valence-corrected chi connectivity index (χ1v) is 30.9. The van der Waals surface area contributed by atoms with Gasteiger partial charge in [-0.25, -0.2) is 8.42 Å². The molecule has 0 saturated carbocycles. The van der Waals surface area contributed by atoms with Gasteiger partial charge in [-0.3, -0.25) is 13.8 Å². The van der Waals surface area contributed by atoms with E-state index in [0.717, 1.165) is 59.9 Å². The van der Waals surface area contributed by atoms with Gasteiger partial charge in [0.2, 0.25) is 16.3 Å². The Labute approximate surface area is 533 Å². The zero-order valence-corrected chi connectivity index (χ0v) is 52.9.